The molecule has 2 aliphatic rings. The van der Waals surface area contributed by atoms with Gasteiger partial charge in [0.25, 0.3) is 5.91 Å². The first-order valence-electron chi connectivity index (χ1n) is 8.40. The summed E-state index contributed by atoms with van der Waals surface area (Å²) in [5.74, 6) is 0.665. The highest BCUT2D eigenvalue weighted by atomic mass is 35.5. The van der Waals surface area contributed by atoms with E-state index in [-0.39, 0.29) is 23.8 Å². The Morgan fingerprint density at radius 1 is 1.25 bits per heavy atom. The minimum absolute atomic E-state index is 0. The average molecular weight is 435 g/mol. The van der Waals surface area contributed by atoms with Crippen molar-refractivity contribution in [1.82, 2.24) is 5.01 Å². The van der Waals surface area contributed by atoms with E-state index in [9.17, 15) is 4.79 Å². The fourth-order valence-electron chi connectivity index (χ4n) is 2.69. The number of furan rings is 1. The van der Waals surface area contributed by atoms with Gasteiger partial charge in [-0.05, 0) is 67.1 Å². The molecule has 3 heterocycles. The highest BCUT2D eigenvalue weighted by molar-refractivity contribution is 8.26. The molecule has 1 aromatic heterocycles. The van der Waals surface area contributed by atoms with Crippen LogP contribution in [0.1, 0.15) is 25.5 Å². The summed E-state index contributed by atoms with van der Waals surface area (Å²) in [5.41, 5.74) is 1.03. The molecule has 0 saturated carbocycles. The summed E-state index contributed by atoms with van der Waals surface area (Å²) >= 11 is 7.25. The van der Waals surface area contributed by atoms with Crippen molar-refractivity contribution in [1.29, 1.82) is 5.41 Å². The monoisotopic (exact) mass is 434 g/mol. The number of thioether (sulfide) groups is 1. The lowest BCUT2D eigenvalue weighted by Gasteiger charge is -2.19. The van der Waals surface area contributed by atoms with Crippen LogP contribution in [0.4, 0.5) is 0 Å². The number of benzene rings is 1. The van der Waals surface area contributed by atoms with E-state index in [1.165, 1.54) is 22.8 Å². The molecule has 9 heteroatoms. The lowest BCUT2D eigenvalue weighted by Crippen LogP contribution is -2.35. The van der Waals surface area contributed by atoms with Gasteiger partial charge in [0.05, 0.1) is 5.57 Å². The van der Waals surface area contributed by atoms with Gasteiger partial charge >= 0.3 is 0 Å². The highest BCUT2D eigenvalue weighted by Crippen LogP contribution is 2.30. The third-order valence-electron chi connectivity index (χ3n) is 4.00. The molecule has 0 bridgehead atoms. The van der Waals surface area contributed by atoms with E-state index in [1.54, 1.807) is 18.2 Å². The fraction of sp³-hybridized carbons (Fsp3) is 0.158. The van der Waals surface area contributed by atoms with Crippen LogP contribution in [0.25, 0.3) is 17.4 Å². The zero-order valence-electron chi connectivity index (χ0n) is 14.8. The maximum atomic E-state index is 12.4. The molecule has 0 fully saturated rings. The van der Waals surface area contributed by atoms with Crippen molar-refractivity contribution < 1.29 is 9.21 Å². The quantitative estimate of drug-likeness (QED) is 0.649. The number of carbonyl (C=O) groups excluding carboxylic acids is 1. The topological polar surface area (TPSA) is 82.0 Å². The number of nitrogens with one attached hydrogen (secondary N) is 1. The molecule has 0 unspecified atom stereocenters. The van der Waals surface area contributed by atoms with Crippen LogP contribution >= 0.6 is 35.8 Å². The first-order chi connectivity index (χ1) is 13.0. The Hall–Kier alpha value is -2.35. The Kier molecular flexibility index (Phi) is 6.07. The minimum Gasteiger partial charge on any atom is -0.457 e. The maximum Gasteiger partial charge on any atom is 0.283 e. The number of amidine groups is 2. The van der Waals surface area contributed by atoms with Gasteiger partial charge in [-0.2, -0.15) is 15.1 Å². The minimum atomic E-state index is -0.462. The number of carbonyl (C=O) groups is 1. The number of hydrazone groups is 1. The van der Waals surface area contributed by atoms with Crippen molar-refractivity contribution in [3.05, 3.63) is 52.8 Å². The molecule has 0 saturated heterocycles. The van der Waals surface area contributed by atoms with Crippen LogP contribution in [0.15, 0.2) is 56.5 Å². The van der Waals surface area contributed by atoms with Crippen LogP contribution in [-0.4, -0.2) is 27.0 Å². The largest absolute Gasteiger partial charge is 0.457 e. The van der Waals surface area contributed by atoms with Crippen molar-refractivity contribution in [3.63, 3.8) is 0 Å². The van der Waals surface area contributed by atoms with E-state index in [2.05, 4.69) is 17.0 Å². The van der Waals surface area contributed by atoms with Crippen molar-refractivity contribution in [2.24, 2.45) is 10.1 Å². The number of fused-ring (bicyclic) bond motifs is 1. The third-order valence-corrected chi connectivity index (χ3v) is 5.22. The predicted octanol–water partition coefficient (Wildman–Crippen LogP) is 5.44. The number of amides is 1. The van der Waals surface area contributed by atoms with Gasteiger partial charge in [-0.3, -0.25) is 10.2 Å². The number of nitrogens with zero attached hydrogens (tertiary/aromatic N) is 3. The van der Waals surface area contributed by atoms with Gasteiger partial charge < -0.3 is 4.42 Å². The number of halogens is 2. The van der Waals surface area contributed by atoms with E-state index < -0.39 is 5.91 Å². The molecule has 0 atom stereocenters. The highest BCUT2D eigenvalue weighted by Gasteiger charge is 2.35. The Labute approximate surface area is 177 Å². The van der Waals surface area contributed by atoms with E-state index in [1.807, 2.05) is 18.2 Å². The molecule has 1 amide bonds. The SMILES string of the molecule is CCCC1=NN2C(=N)/C(=C\c3ccc(-c4ccc(Cl)cc4)o3)C(=O)N=C2S1.Cl. The molecule has 4 rings (SSSR count). The van der Waals surface area contributed by atoms with Gasteiger partial charge in [0, 0.05) is 10.6 Å². The van der Waals surface area contributed by atoms with E-state index >= 15 is 0 Å². The Morgan fingerprint density at radius 3 is 2.71 bits per heavy atom. The van der Waals surface area contributed by atoms with Crippen LogP contribution in [-0.2, 0) is 4.79 Å². The van der Waals surface area contributed by atoms with Crippen LogP contribution in [0.5, 0.6) is 0 Å². The first kappa shape index (κ1) is 20.4. The van der Waals surface area contributed by atoms with Crippen LogP contribution in [0, 0.1) is 5.41 Å². The van der Waals surface area contributed by atoms with Crippen molar-refractivity contribution in [2.75, 3.05) is 0 Å². The van der Waals surface area contributed by atoms with Crippen LogP contribution < -0.4 is 0 Å². The Bertz CT molecular complexity index is 1020. The molecule has 1 N–H and O–H groups in total. The standard InChI is InChI=1S/C19H15ClN4O2S.ClH/c1-2-3-16-23-24-17(21)14(18(25)22-19(24)27-16)10-13-8-9-15(26-13)11-4-6-12(20)7-5-11;/h4-10,21H,2-3H2,1H3;1H/b14-10+,21-17?;. The van der Waals surface area contributed by atoms with Gasteiger partial charge in [-0.25, -0.2) is 0 Å². The van der Waals surface area contributed by atoms with Crippen LogP contribution in [0.2, 0.25) is 5.02 Å². The van der Waals surface area contributed by atoms with E-state index in [0.29, 0.717) is 21.7 Å². The zero-order chi connectivity index (χ0) is 19.0. The summed E-state index contributed by atoms with van der Waals surface area (Å²) in [7, 11) is 0. The Morgan fingerprint density at radius 2 is 2.00 bits per heavy atom. The number of hydrogen-bond acceptors (Lipinski definition) is 5. The molecule has 2 aromatic rings. The lowest BCUT2D eigenvalue weighted by molar-refractivity contribution is -0.114. The number of aliphatic imine (C=N–C) groups is 1. The summed E-state index contributed by atoms with van der Waals surface area (Å²) in [6.45, 7) is 2.05. The molecule has 0 radical (unpaired) electrons. The van der Waals surface area contributed by atoms with Crippen molar-refractivity contribution in [3.8, 4) is 11.3 Å². The second-order valence-electron chi connectivity index (χ2n) is 5.97. The van der Waals surface area contributed by atoms with E-state index in [4.69, 9.17) is 21.4 Å². The fourth-order valence-corrected chi connectivity index (χ4v) is 3.80. The molecule has 2 aliphatic heterocycles. The molecular weight excluding hydrogens is 419 g/mol. The Balaban J connectivity index is 0.00000225. The average Bonchev–Trinajstić information content (AvgIpc) is 3.27. The molecule has 144 valence electrons. The van der Waals surface area contributed by atoms with Gasteiger partial charge in [0.15, 0.2) is 5.84 Å². The maximum absolute atomic E-state index is 12.4. The molecular formula is C19H16Cl2N4O2S. The normalized spacial score (nSPS) is 17.4. The summed E-state index contributed by atoms with van der Waals surface area (Å²) in [4.78, 5) is 16.5. The summed E-state index contributed by atoms with van der Waals surface area (Å²) in [5, 5.41) is 16.1. The number of hydrogen-bond donors (Lipinski definition) is 1. The second kappa shape index (κ2) is 8.34. The predicted molar refractivity (Wildman–Crippen MR) is 116 cm³/mol. The van der Waals surface area contributed by atoms with E-state index in [0.717, 1.165) is 23.4 Å². The van der Waals surface area contributed by atoms with Gasteiger partial charge in [0.1, 0.15) is 16.6 Å². The van der Waals surface area contributed by atoms with Gasteiger partial charge in [0.2, 0.25) is 5.17 Å². The van der Waals surface area contributed by atoms with Crippen LogP contribution in [0.3, 0.4) is 0 Å². The third kappa shape index (κ3) is 3.92. The van der Waals surface area contributed by atoms with Gasteiger partial charge in [-0.1, -0.05) is 18.5 Å². The lowest BCUT2D eigenvalue weighted by atomic mass is 10.1. The first-order valence-corrected chi connectivity index (χ1v) is 9.59. The summed E-state index contributed by atoms with van der Waals surface area (Å²) < 4.78 is 5.80. The number of rotatable bonds is 4. The molecule has 0 spiro atoms. The molecule has 6 nitrogen and oxygen atoms in total. The van der Waals surface area contributed by atoms with Crippen molar-refractivity contribution in [2.45, 2.75) is 19.8 Å². The molecule has 0 aliphatic carbocycles. The van der Waals surface area contributed by atoms with Crippen molar-refractivity contribution >= 4 is 63.8 Å². The molecule has 1 aromatic carbocycles. The summed E-state index contributed by atoms with van der Waals surface area (Å²) in [6.07, 6.45) is 3.27. The zero-order valence-corrected chi connectivity index (χ0v) is 17.2. The summed E-state index contributed by atoms with van der Waals surface area (Å²) in [6, 6.07) is 10.8. The molecule has 28 heavy (non-hydrogen) atoms. The van der Waals surface area contributed by atoms with Gasteiger partial charge in [-0.15, -0.1) is 12.4 Å². The smallest absolute Gasteiger partial charge is 0.283 e. The second-order valence-corrected chi connectivity index (χ2v) is 7.45.